The first-order chi connectivity index (χ1) is 8.10. The molecule has 0 aromatic rings. The molecule has 0 heterocycles. The fourth-order valence-corrected chi connectivity index (χ4v) is 2.63. The van der Waals surface area contributed by atoms with Crippen LogP contribution in [0.1, 0.15) is 46.0 Å². The minimum atomic E-state index is -0.694. The van der Waals surface area contributed by atoms with Crippen LogP contribution in [0.15, 0.2) is 0 Å². The Balaban J connectivity index is 2.40. The standard InChI is InChI=1S/C13H25NO3/c1-3-17-9-5-8-14-13(12(15)16)7-4-6-11(2)10-13/h11,14H,3-10H2,1-2H3,(H,15,16). The normalized spacial score (nSPS) is 29.2. The maximum atomic E-state index is 11.4. The molecule has 17 heavy (non-hydrogen) atoms. The fraction of sp³-hybridized carbons (Fsp3) is 0.923. The molecular formula is C13H25NO3. The van der Waals surface area contributed by atoms with Crippen molar-refractivity contribution in [2.75, 3.05) is 19.8 Å². The Labute approximate surface area is 104 Å². The molecule has 2 N–H and O–H groups in total. The smallest absolute Gasteiger partial charge is 0.323 e. The first-order valence-corrected chi connectivity index (χ1v) is 6.67. The van der Waals surface area contributed by atoms with Crippen molar-refractivity contribution in [1.82, 2.24) is 5.32 Å². The highest BCUT2D eigenvalue weighted by Gasteiger charge is 2.41. The predicted octanol–water partition coefficient (Wildman–Crippen LogP) is 2.04. The Morgan fingerprint density at radius 2 is 2.35 bits per heavy atom. The van der Waals surface area contributed by atoms with Crippen molar-refractivity contribution in [2.45, 2.75) is 51.5 Å². The summed E-state index contributed by atoms with van der Waals surface area (Å²) in [5, 5.41) is 12.7. The molecule has 0 spiro atoms. The van der Waals surface area contributed by atoms with Crippen molar-refractivity contribution in [1.29, 1.82) is 0 Å². The van der Waals surface area contributed by atoms with Gasteiger partial charge < -0.3 is 15.2 Å². The Bertz CT molecular complexity index is 245. The summed E-state index contributed by atoms with van der Waals surface area (Å²) < 4.78 is 5.25. The zero-order valence-corrected chi connectivity index (χ0v) is 11.0. The molecule has 1 aliphatic rings. The van der Waals surface area contributed by atoms with Gasteiger partial charge in [0.15, 0.2) is 0 Å². The topological polar surface area (TPSA) is 58.6 Å². The zero-order chi connectivity index (χ0) is 12.7. The van der Waals surface area contributed by atoms with E-state index in [4.69, 9.17) is 4.74 Å². The molecule has 0 aromatic heterocycles. The van der Waals surface area contributed by atoms with Gasteiger partial charge in [0.05, 0.1) is 0 Å². The number of hydrogen-bond donors (Lipinski definition) is 2. The van der Waals surface area contributed by atoms with Crippen molar-refractivity contribution in [2.24, 2.45) is 5.92 Å². The van der Waals surface area contributed by atoms with Crippen LogP contribution in [0.25, 0.3) is 0 Å². The number of aliphatic carboxylic acids is 1. The second-order valence-corrected chi connectivity index (χ2v) is 5.07. The van der Waals surface area contributed by atoms with Gasteiger partial charge in [0, 0.05) is 13.2 Å². The van der Waals surface area contributed by atoms with Gasteiger partial charge in [0.25, 0.3) is 0 Å². The van der Waals surface area contributed by atoms with Gasteiger partial charge in [-0.15, -0.1) is 0 Å². The highest BCUT2D eigenvalue weighted by molar-refractivity contribution is 5.79. The van der Waals surface area contributed by atoms with Gasteiger partial charge in [-0.2, -0.15) is 0 Å². The quantitative estimate of drug-likeness (QED) is 0.672. The van der Waals surface area contributed by atoms with E-state index in [2.05, 4.69) is 12.2 Å². The molecule has 0 aromatic carbocycles. The Hall–Kier alpha value is -0.610. The van der Waals surface area contributed by atoms with E-state index in [1.165, 1.54) is 0 Å². The first kappa shape index (κ1) is 14.5. The monoisotopic (exact) mass is 243 g/mol. The lowest BCUT2D eigenvalue weighted by Crippen LogP contribution is -2.55. The molecule has 1 saturated carbocycles. The Morgan fingerprint density at radius 3 is 2.94 bits per heavy atom. The molecule has 4 heteroatoms. The summed E-state index contributed by atoms with van der Waals surface area (Å²) in [6, 6.07) is 0. The van der Waals surface area contributed by atoms with E-state index >= 15 is 0 Å². The van der Waals surface area contributed by atoms with Crippen LogP contribution < -0.4 is 5.32 Å². The van der Waals surface area contributed by atoms with Crippen molar-refractivity contribution in [3.63, 3.8) is 0 Å². The van der Waals surface area contributed by atoms with Crippen LogP contribution in [-0.4, -0.2) is 36.4 Å². The lowest BCUT2D eigenvalue weighted by Gasteiger charge is -2.37. The van der Waals surface area contributed by atoms with Crippen LogP contribution in [0.4, 0.5) is 0 Å². The van der Waals surface area contributed by atoms with E-state index in [1.54, 1.807) is 0 Å². The lowest BCUT2D eigenvalue weighted by molar-refractivity contribution is -0.147. The van der Waals surface area contributed by atoms with Crippen LogP contribution >= 0.6 is 0 Å². The fourth-order valence-electron chi connectivity index (χ4n) is 2.63. The SMILES string of the molecule is CCOCCCNC1(C(=O)O)CCCC(C)C1. The van der Waals surface area contributed by atoms with Crippen LogP contribution in [0.2, 0.25) is 0 Å². The third-order valence-corrected chi connectivity index (χ3v) is 3.54. The molecule has 1 rings (SSSR count). The molecule has 100 valence electrons. The highest BCUT2D eigenvalue weighted by Crippen LogP contribution is 2.32. The van der Waals surface area contributed by atoms with E-state index in [1.807, 2.05) is 6.92 Å². The summed E-state index contributed by atoms with van der Waals surface area (Å²) >= 11 is 0. The second-order valence-electron chi connectivity index (χ2n) is 5.07. The number of carbonyl (C=O) groups is 1. The lowest BCUT2D eigenvalue weighted by atomic mass is 9.76. The molecule has 2 atom stereocenters. The summed E-state index contributed by atoms with van der Waals surface area (Å²) in [7, 11) is 0. The van der Waals surface area contributed by atoms with Gasteiger partial charge >= 0.3 is 5.97 Å². The second kappa shape index (κ2) is 6.97. The van der Waals surface area contributed by atoms with Crippen LogP contribution in [0.5, 0.6) is 0 Å². The number of carboxylic acids is 1. The molecule has 4 nitrogen and oxygen atoms in total. The van der Waals surface area contributed by atoms with Gasteiger partial charge in [-0.25, -0.2) is 0 Å². The Morgan fingerprint density at radius 1 is 1.59 bits per heavy atom. The summed E-state index contributed by atoms with van der Waals surface area (Å²) in [4.78, 5) is 11.4. The third-order valence-electron chi connectivity index (χ3n) is 3.54. The number of hydrogen-bond acceptors (Lipinski definition) is 3. The summed E-state index contributed by atoms with van der Waals surface area (Å²) in [5.41, 5.74) is -0.691. The number of ether oxygens (including phenoxy) is 1. The highest BCUT2D eigenvalue weighted by atomic mass is 16.5. The number of nitrogens with one attached hydrogen (secondary N) is 1. The molecule has 0 amide bonds. The van der Waals surface area contributed by atoms with E-state index in [9.17, 15) is 9.90 Å². The molecule has 1 aliphatic carbocycles. The maximum absolute atomic E-state index is 11.4. The molecule has 0 saturated heterocycles. The Kier molecular flexibility index (Phi) is 5.92. The van der Waals surface area contributed by atoms with Crippen LogP contribution in [0.3, 0.4) is 0 Å². The van der Waals surface area contributed by atoms with Gasteiger partial charge in [-0.3, -0.25) is 4.79 Å². The molecule has 0 radical (unpaired) electrons. The van der Waals surface area contributed by atoms with Gasteiger partial charge in [0.2, 0.25) is 0 Å². The average molecular weight is 243 g/mol. The number of carboxylic acid groups (broad SMARTS) is 1. The van der Waals surface area contributed by atoms with E-state index in [0.717, 1.165) is 45.3 Å². The van der Waals surface area contributed by atoms with E-state index in [-0.39, 0.29) is 0 Å². The van der Waals surface area contributed by atoms with Crippen LogP contribution in [0, 0.1) is 5.92 Å². The van der Waals surface area contributed by atoms with Crippen molar-refractivity contribution >= 4 is 5.97 Å². The zero-order valence-electron chi connectivity index (χ0n) is 11.0. The third kappa shape index (κ3) is 4.28. The van der Waals surface area contributed by atoms with Gasteiger partial charge in [0.1, 0.15) is 5.54 Å². The van der Waals surface area contributed by atoms with E-state index < -0.39 is 11.5 Å². The molecular weight excluding hydrogens is 218 g/mol. The molecule has 1 fully saturated rings. The summed E-state index contributed by atoms with van der Waals surface area (Å²) in [6.45, 7) is 6.25. The van der Waals surface area contributed by atoms with Crippen molar-refractivity contribution in [3.8, 4) is 0 Å². The minimum absolute atomic E-state index is 0.499. The number of rotatable bonds is 7. The predicted molar refractivity (Wildman–Crippen MR) is 67.1 cm³/mol. The molecule has 0 bridgehead atoms. The van der Waals surface area contributed by atoms with Crippen molar-refractivity contribution in [3.05, 3.63) is 0 Å². The minimum Gasteiger partial charge on any atom is -0.480 e. The van der Waals surface area contributed by atoms with Gasteiger partial charge in [-0.05, 0) is 38.6 Å². The average Bonchev–Trinajstić information content (AvgIpc) is 2.28. The summed E-state index contributed by atoms with van der Waals surface area (Å²) in [6.07, 6.45) is 4.52. The summed E-state index contributed by atoms with van der Waals surface area (Å²) in [5.74, 6) is -0.195. The van der Waals surface area contributed by atoms with Gasteiger partial charge in [-0.1, -0.05) is 19.8 Å². The first-order valence-electron chi connectivity index (χ1n) is 6.67. The largest absolute Gasteiger partial charge is 0.480 e. The van der Waals surface area contributed by atoms with E-state index in [0.29, 0.717) is 12.5 Å². The van der Waals surface area contributed by atoms with Crippen molar-refractivity contribution < 1.29 is 14.6 Å². The molecule has 0 aliphatic heterocycles. The molecule has 2 unspecified atom stereocenters. The maximum Gasteiger partial charge on any atom is 0.323 e. The van der Waals surface area contributed by atoms with Crippen LogP contribution in [-0.2, 0) is 9.53 Å².